The van der Waals surface area contributed by atoms with Crippen molar-refractivity contribution in [3.8, 4) is 0 Å². The molecule has 1 heterocycles. The third-order valence-electron chi connectivity index (χ3n) is 8.11. The summed E-state index contributed by atoms with van der Waals surface area (Å²) in [5.41, 5.74) is 1.61. The largest absolute Gasteiger partial charge is 0.448 e. The average Bonchev–Trinajstić information content (AvgIpc) is 3.46. The molecule has 1 aliphatic rings. The molecule has 8 heteroatoms. The van der Waals surface area contributed by atoms with E-state index < -0.39 is 0 Å². The van der Waals surface area contributed by atoms with Crippen LogP contribution in [0.5, 0.6) is 0 Å². The molecule has 0 bridgehead atoms. The minimum atomic E-state index is -0.390. The van der Waals surface area contributed by atoms with Gasteiger partial charge < -0.3 is 14.2 Å². The van der Waals surface area contributed by atoms with Crippen LogP contribution in [0.4, 0.5) is 10.3 Å². The summed E-state index contributed by atoms with van der Waals surface area (Å²) < 4.78 is 19.7. The Hall–Kier alpha value is -3.16. The third kappa shape index (κ3) is 7.08. The number of halogens is 2. The molecule has 4 rings (SSSR count). The summed E-state index contributed by atoms with van der Waals surface area (Å²) in [6.07, 6.45) is 6.18. The fraction of sp³-hybridized carbons (Fsp3) is 0.419. The fourth-order valence-electron chi connectivity index (χ4n) is 5.57. The van der Waals surface area contributed by atoms with Crippen molar-refractivity contribution in [1.29, 1.82) is 0 Å². The molecule has 208 valence electrons. The smallest absolute Gasteiger partial charge is 0.230 e. The molecular weight excluding hydrogens is 517 g/mol. The predicted octanol–water partition coefficient (Wildman–Crippen LogP) is 6.33. The molecule has 1 aromatic heterocycles. The Labute approximate surface area is 235 Å². The summed E-state index contributed by atoms with van der Waals surface area (Å²) in [5, 5.41) is 0.745. The summed E-state index contributed by atoms with van der Waals surface area (Å²) in [7, 11) is 6.08. The highest BCUT2D eigenvalue weighted by molar-refractivity contribution is 6.30. The van der Waals surface area contributed by atoms with Gasteiger partial charge in [0.15, 0.2) is 0 Å². The van der Waals surface area contributed by atoms with Gasteiger partial charge in [0, 0.05) is 48.1 Å². The van der Waals surface area contributed by atoms with Crippen LogP contribution in [0.15, 0.2) is 71.3 Å². The number of carbonyl (C=O) groups is 2. The molecular formula is C31H37ClFN3O3. The van der Waals surface area contributed by atoms with Crippen LogP contribution in [0, 0.1) is 5.82 Å². The monoisotopic (exact) mass is 553 g/mol. The van der Waals surface area contributed by atoms with Crippen molar-refractivity contribution in [2.75, 3.05) is 26.0 Å². The number of rotatable bonds is 10. The van der Waals surface area contributed by atoms with Crippen molar-refractivity contribution in [2.24, 2.45) is 0 Å². The number of anilines is 1. The minimum absolute atomic E-state index is 0.0112. The Morgan fingerprint density at radius 1 is 0.974 bits per heavy atom. The maximum atomic E-state index is 14.3. The first kappa shape index (κ1) is 28.8. The van der Waals surface area contributed by atoms with E-state index in [9.17, 15) is 14.0 Å². The average molecular weight is 554 g/mol. The third-order valence-corrected chi connectivity index (χ3v) is 8.35. The first-order chi connectivity index (χ1) is 18.7. The number of benzene rings is 2. The summed E-state index contributed by atoms with van der Waals surface area (Å²) in [6, 6.07) is 17.8. The van der Waals surface area contributed by atoms with E-state index in [1.807, 2.05) is 25.2 Å². The van der Waals surface area contributed by atoms with E-state index in [2.05, 4.69) is 25.1 Å². The maximum Gasteiger partial charge on any atom is 0.230 e. The minimum Gasteiger partial charge on any atom is -0.448 e. The van der Waals surface area contributed by atoms with Crippen molar-refractivity contribution in [2.45, 2.75) is 63.1 Å². The van der Waals surface area contributed by atoms with Crippen LogP contribution in [-0.2, 0) is 22.6 Å². The Morgan fingerprint density at radius 3 is 2.33 bits per heavy atom. The van der Waals surface area contributed by atoms with Crippen molar-refractivity contribution in [3.63, 3.8) is 0 Å². The fourth-order valence-corrected chi connectivity index (χ4v) is 5.79. The number of nitrogens with zero attached hydrogens (tertiary/aromatic N) is 3. The van der Waals surface area contributed by atoms with Crippen LogP contribution >= 0.6 is 11.6 Å². The van der Waals surface area contributed by atoms with Gasteiger partial charge in [-0.15, -0.1) is 0 Å². The molecule has 0 aliphatic heterocycles. The highest BCUT2D eigenvalue weighted by atomic mass is 35.5. The molecule has 6 nitrogen and oxygen atoms in total. The first-order valence-electron chi connectivity index (χ1n) is 13.4. The number of hydrogen-bond acceptors (Lipinski definition) is 4. The van der Waals surface area contributed by atoms with Crippen molar-refractivity contribution in [1.82, 2.24) is 9.80 Å². The van der Waals surface area contributed by atoms with E-state index in [1.165, 1.54) is 22.8 Å². The Bertz CT molecular complexity index is 1260. The van der Waals surface area contributed by atoms with Gasteiger partial charge in [0.1, 0.15) is 5.82 Å². The SMILES string of the molecule is CN(C(=O)CCC(=O)N(Cc1ccccc1F)c1ccco1)C1CCC(Cc2cccc(Cl)c2)(N(C)C)CC1. The molecule has 0 spiro atoms. The second-order valence-corrected chi connectivity index (χ2v) is 11.1. The molecule has 1 saturated carbocycles. The van der Waals surface area contributed by atoms with Crippen LogP contribution in [-0.4, -0.2) is 54.3 Å². The van der Waals surface area contributed by atoms with Crippen molar-refractivity contribution >= 4 is 29.3 Å². The van der Waals surface area contributed by atoms with E-state index in [4.69, 9.17) is 16.0 Å². The van der Waals surface area contributed by atoms with Gasteiger partial charge in [0.25, 0.3) is 0 Å². The van der Waals surface area contributed by atoms with Crippen molar-refractivity contribution in [3.05, 3.63) is 88.9 Å². The van der Waals surface area contributed by atoms with Crippen LogP contribution in [0.2, 0.25) is 5.02 Å². The number of hydrogen-bond donors (Lipinski definition) is 0. The van der Waals surface area contributed by atoms with Crippen LogP contribution in [0.25, 0.3) is 0 Å². The molecule has 3 aromatic rings. The maximum absolute atomic E-state index is 14.3. The lowest BCUT2D eigenvalue weighted by Gasteiger charge is -2.47. The highest BCUT2D eigenvalue weighted by Gasteiger charge is 2.39. The van der Waals surface area contributed by atoms with E-state index in [-0.39, 0.29) is 48.6 Å². The van der Waals surface area contributed by atoms with E-state index in [1.54, 1.807) is 35.2 Å². The number of carbonyl (C=O) groups excluding carboxylic acids is 2. The van der Waals surface area contributed by atoms with Crippen LogP contribution < -0.4 is 4.90 Å². The normalized spacial score (nSPS) is 19.2. The lowest BCUT2D eigenvalue weighted by atomic mass is 9.74. The molecule has 0 saturated heterocycles. The highest BCUT2D eigenvalue weighted by Crippen LogP contribution is 2.37. The first-order valence-corrected chi connectivity index (χ1v) is 13.8. The topological polar surface area (TPSA) is 57.0 Å². The van der Waals surface area contributed by atoms with Gasteiger partial charge in [-0.2, -0.15) is 0 Å². The van der Waals surface area contributed by atoms with Crippen molar-refractivity contribution < 1.29 is 18.4 Å². The molecule has 0 atom stereocenters. The van der Waals surface area contributed by atoms with E-state index in [0.717, 1.165) is 37.1 Å². The molecule has 0 N–H and O–H groups in total. The van der Waals surface area contributed by atoms with Crippen LogP contribution in [0.1, 0.15) is 49.7 Å². The molecule has 1 aliphatic carbocycles. The summed E-state index contributed by atoms with van der Waals surface area (Å²) in [4.78, 5) is 31.8. The zero-order valence-corrected chi connectivity index (χ0v) is 23.7. The van der Waals surface area contributed by atoms with Crippen LogP contribution in [0.3, 0.4) is 0 Å². The molecule has 0 unspecified atom stereocenters. The zero-order chi connectivity index (χ0) is 28.0. The van der Waals surface area contributed by atoms with Gasteiger partial charge in [0.05, 0.1) is 12.8 Å². The Balaban J connectivity index is 1.34. The number of furan rings is 1. The van der Waals surface area contributed by atoms with E-state index >= 15 is 0 Å². The lowest BCUT2D eigenvalue weighted by molar-refractivity contribution is -0.135. The standard InChI is InChI=1S/C31H37ClFN3O3/c1-34(2)31(21-23-8-6-10-25(32)20-23)17-15-26(16-18-31)35(3)28(37)13-14-29(38)36(30-12-7-19-39-30)22-24-9-4-5-11-27(24)33/h4-12,19-20,26H,13-18,21-22H2,1-3H3. The Morgan fingerprint density at radius 2 is 1.69 bits per heavy atom. The van der Waals surface area contributed by atoms with Gasteiger partial charge in [0.2, 0.25) is 17.7 Å². The molecule has 2 aromatic carbocycles. The zero-order valence-electron chi connectivity index (χ0n) is 22.9. The lowest BCUT2D eigenvalue weighted by Crippen LogP contribution is -2.52. The van der Waals surface area contributed by atoms with E-state index in [0.29, 0.717) is 11.4 Å². The Kier molecular flexibility index (Phi) is 9.46. The molecule has 39 heavy (non-hydrogen) atoms. The van der Waals surface area contributed by atoms with Gasteiger partial charge in [-0.25, -0.2) is 4.39 Å². The summed E-state index contributed by atoms with van der Waals surface area (Å²) in [6.45, 7) is 0.0327. The molecule has 0 radical (unpaired) electrons. The van der Waals surface area contributed by atoms with Gasteiger partial charge in [-0.3, -0.25) is 14.5 Å². The van der Waals surface area contributed by atoms with Gasteiger partial charge in [-0.1, -0.05) is 41.9 Å². The number of likely N-dealkylation sites (N-methyl/N-ethyl adjacent to an activating group) is 1. The van der Waals surface area contributed by atoms with Gasteiger partial charge >= 0.3 is 0 Å². The second-order valence-electron chi connectivity index (χ2n) is 10.7. The van der Waals surface area contributed by atoms with Gasteiger partial charge in [-0.05, 0) is 76.0 Å². The predicted molar refractivity (Wildman–Crippen MR) is 152 cm³/mol. The number of amides is 2. The summed E-state index contributed by atoms with van der Waals surface area (Å²) in [5.74, 6) is -0.409. The second kappa shape index (κ2) is 12.8. The molecule has 2 amide bonds. The molecule has 1 fully saturated rings. The quantitative estimate of drug-likeness (QED) is 0.294. The summed E-state index contributed by atoms with van der Waals surface area (Å²) >= 11 is 6.23.